The topological polar surface area (TPSA) is 79.2 Å². The van der Waals surface area contributed by atoms with Crippen molar-refractivity contribution in [3.63, 3.8) is 0 Å². The van der Waals surface area contributed by atoms with E-state index >= 15 is 0 Å². The highest BCUT2D eigenvalue weighted by Crippen LogP contribution is 2.18. The van der Waals surface area contributed by atoms with E-state index in [-0.39, 0.29) is 5.56 Å². The van der Waals surface area contributed by atoms with Crippen LogP contribution in [0.2, 0.25) is 0 Å². The first-order valence-corrected chi connectivity index (χ1v) is 10.7. The molecule has 1 aromatic carbocycles. The highest BCUT2D eigenvalue weighted by Gasteiger charge is 2.23. The van der Waals surface area contributed by atoms with E-state index in [9.17, 15) is 4.79 Å². The van der Waals surface area contributed by atoms with E-state index in [1.165, 1.54) is 5.56 Å². The van der Waals surface area contributed by atoms with Gasteiger partial charge in [-0.15, -0.1) is 0 Å². The van der Waals surface area contributed by atoms with E-state index < -0.39 is 0 Å². The summed E-state index contributed by atoms with van der Waals surface area (Å²) in [6.07, 6.45) is 7.72. The number of hydrogen-bond donors (Lipinski definition) is 1. The molecule has 0 atom stereocenters. The van der Waals surface area contributed by atoms with E-state index in [1.54, 1.807) is 0 Å². The molecule has 0 aliphatic carbocycles. The number of nitrogens with one attached hydrogen (secondary N) is 1. The molecule has 0 spiro atoms. The third-order valence-corrected chi connectivity index (χ3v) is 5.93. The van der Waals surface area contributed by atoms with Gasteiger partial charge in [-0.05, 0) is 24.8 Å². The summed E-state index contributed by atoms with van der Waals surface area (Å²) in [5, 5.41) is 0. The number of H-pyrrole nitrogens is 1. The number of aromatic amines is 1. The second-order valence-electron chi connectivity index (χ2n) is 8.08. The van der Waals surface area contributed by atoms with Crippen molar-refractivity contribution >= 4 is 5.71 Å². The Morgan fingerprint density at radius 1 is 1.07 bits per heavy atom. The molecular weight excluding hydrogens is 376 g/mol. The van der Waals surface area contributed by atoms with E-state index in [4.69, 9.17) is 4.98 Å². The molecule has 0 radical (unpaired) electrons. The van der Waals surface area contributed by atoms with E-state index in [0.29, 0.717) is 12.4 Å². The molecule has 2 aromatic heterocycles. The molecule has 0 fully saturated rings. The lowest BCUT2D eigenvalue weighted by Gasteiger charge is -2.28. The second-order valence-corrected chi connectivity index (χ2v) is 8.08. The maximum Gasteiger partial charge on any atom is 0.255 e. The van der Waals surface area contributed by atoms with Crippen molar-refractivity contribution in [2.24, 2.45) is 4.99 Å². The fourth-order valence-corrected chi connectivity index (χ4v) is 4.27. The van der Waals surface area contributed by atoms with Gasteiger partial charge in [0, 0.05) is 45.3 Å². The van der Waals surface area contributed by atoms with Crippen LogP contribution < -0.4 is 5.56 Å². The van der Waals surface area contributed by atoms with Crippen LogP contribution in [0.3, 0.4) is 0 Å². The minimum absolute atomic E-state index is 0.0224. The number of aliphatic imine (C=N–C) groups is 1. The van der Waals surface area contributed by atoms with Gasteiger partial charge in [-0.1, -0.05) is 30.3 Å². The summed E-state index contributed by atoms with van der Waals surface area (Å²) in [5.41, 5.74) is 5.05. The molecule has 0 amide bonds. The van der Waals surface area contributed by atoms with Crippen molar-refractivity contribution in [2.75, 3.05) is 13.1 Å². The van der Waals surface area contributed by atoms with Gasteiger partial charge in [0.2, 0.25) is 0 Å². The number of nitrogens with zero attached hydrogens (tertiary/aromatic N) is 5. The van der Waals surface area contributed by atoms with Crippen molar-refractivity contribution in [1.29, 1.82) is 0 Å². The second kappa shape index (κ2) is 8.36. The predicted molar refractivity (Wildman–Crippen MR) is 116 cm³/mol. The molecule has 2 aliphatic heterocycles. The van der Waals surface area contributed by atoms with Crippen LogP contribution in [0, 0.1) is 0 Å². The number of benzene rings is 1. The first-order chi connectivity index (χ1) is 14.8. The number of aromatic nitrogens is 4. The van der Waals surface area contributed by atoms with Crippen LogP contribution in [0.1, 0.15) is 47.6 Å². The largest absolute Gasteiger partial charge is 0.329 e. The van der Waals surface area contributed by atoms with Crippen LogP contribution in [0.25, 0.3) is 0 Å². The monoisotopic (exact) mass is 402 g/mol. The molecule has 154 valence electrons. The fourth-order valence-electron chi connectivity index (χ4n) is 4.27. The van der Waals surface area contributed by atoms with Crippen LogP contribution in [-0.2, 0) is 26.1 Å². The molecule has 4 heterocycles. The van der Waals surface area contributed by atoms with Crippen LogP contribution in [-0.4, -0.2) is 43.2 Å². The zero-order valence-electron chi connectivity index (χ0n) is 17.0. The van der Waals surface area contributed by atoms with Gasteiger partial charge in [0.25, 0.3) is 5.56 Å². The molecule has 30 heavy (non-hydrogen) atoms. The summed E-state index contributed by atoms with van der Waals surface area (Å²) < 4.78 is 2.18. The third-order valence-electron chi connectivity index (χ3n) is 5.93. The Hall–Kier alpha value is -3.06. The summed E-state index contributed by atoms with van der Waals surface area (Å²) in [6.45, 7) is 3.89. The molecule has 0 unspecified atom stereocenters. The van der Waals surface area contributed by atoms with Crippen LogP contribution in [0.15, 0.2) is 52.6 Å². The Balaban J connectivity index is 1.32. The average molecular weight is 403 g/mol. The van der Waals surface area contributed by atoms with Gasteiger partial charge in [-0.2, -0.15) is 0 Å². The summed E-state index contributed by atoms with van der Waals surface area (Å²) >= 11 is 0. The number of fused-ring (bicyclic) bond motifs is 1. The van der Waals surface area contributed by atoms with Gasteiger partial charge in [-0.3, -0.25) is 14.7 Å². The average Bonchev–Trinajstić information content (AvgIpc) is 3.22. The summed E-state index contributed by atoms with van der Waals surface area (Å²) in [7, 11) is 0. The summed E-state index contributed by atoms with van der Waals surface area (Å²) in [6, 6.07) is 10.4. The van der Waals surface area contributed by atoms with E-state index in [2.05, 4.69) is 48.7 Å². The first-order valence-electron chi connectivity index (χ1n) is 10.7. The molecule has 0 saturated heterocycles. The lowest BCUT2D eigenvalue weighted by Crippen LogP contribution is -2.36. The number of rotatable bonds is 5. The Labute approximate surface area is 175 Å². The first kappa shape index (κ1) is 18.9. The lowest BCUT2D eigenvalue weighted by atomic mass is 10.0. The number of imidazole rings is 1. The highest BCUT2D eigenvalue weighted by atomic mass is 16.1. The van der Waals surface area contributed by atoms with Gasteiger partial charge in [0.15, 0.2) is 5.82 Å². The van der Waals surface area contributed by atoms with Crippen LogP contribution in [0.4, 0.5) is 0 Å². The van der Waals surface area contributed by atoms with Crippen LogP contribution in [0.5, 0.6) is 0 Å². The van der Waals surface area contributed by atoms with Gasteiger partial charge in [-0.25, -0.2) is 9.97 Å². The standard InChI is InChI=1S/C23H26N6O/c30-23-19-15-28(11-9-20(19)26-22(27-23)21-8-4-5-10-25-21)14-18-12-24-16-29(18)13-17-6-2-1-3-7-17/h1-3,6-7,12,16H,4-5,8-11,13-15H2,(H,26,27,30). The Morgan fingerprint density at radius 3 is 2.80 bits per heavy atom. The van der Waals surface area contributed by atoms with Crippen molar-refractivity contribution in [1.82, 2.24) is 24.4 Å². The lowest BCUT2D eigenvalue weighted by molar-refractivity contribution is 0.236. The van der Waals surface area contributed by atoms with Crippen molar-refractivity contribution < 1.29 is 0 Å². The van der Waals surface area contributed by atoms with Crippen molar-refractivity contribution in [3.05, 3.63) is 81.5 Å². The quantitative estimate of drug-likeness (QED) is 0.711. The Bertz CT molecular complexity index is 1110. The Kier molecular flexibility index (Phi) is 5.27. The zero-order chi connectivity index (χ0) is 20.3. The zero-order valence-corrected chi connectivity index (χ0v) is 17.0. The molecule has 0 saturated carbocycles. The number of hydrogen-bond acceptors (Lipinski definition) is 5. The summed E-state index contributed by atoms with van der Waals surface area (Å²) in [4.78, 5) is 31.8. The maximum atomic E-state index is 12.8. The minimum Gasteiger partial charge on any atom is -0.329 e. The van der Waals surface area contributed by atoms with Gasteiger partial charge in [0.05, 0.1) is 29.0 Å². The molecule has 0 bridgehead atoms. The summed E-state index contributed by atoms with van der Waals surface area (Å²) in [5.74, 6) is 0.674. The molecule has 1 N–H and O–H groups in total. The molecule has 5 rings (SSSR count). The molecule has 3 aromatic rings. The van der Waals surface area contributed by atoms with Gasteiger partial charge < -0.3 is 9.55 Å². The van der Waals surface area contributed by atoms with Crippen molar-refractivity contribution in [3.8, 4) is 0 Å². The van der Waals surface area contributed by atoms with Crippen LogP contribution >= 0.6 is 0 Å². The molecular formula is C23H26N6O. The molecule has 2 aliphatic rings. The van der Waals surface area contributed by atoms with Crippen molar-refractivity contribution in [2.45, 2.75) is 45.3 Å². The smallest absolute Gasteiger partial charge is 0.255 e. The minimum atomic E-state index is -0.0224. The predicted octanol–water partition coefficient (Wildman–Crippen LogP) is 2.55. The fraction of sp³-hybridized carbons (Fsp3) is 0.391. The van der Waals surface area contributed by atoms with Gasteiger partial charge >= 0.3 is 0 Å². The maximum absolute atomic E-state index is 12.8. The van der Waals surface area contributed by atoms with E-state index in [0.717, 1.165) is 74.5 Å². The molecule has 7 heteroatoms. The Morgan fingerprint density at radius 2 is 1.97 bits per heavy atom. The van der Waals surface area contributed by atoms with Gasteiger partial charge in [0.1, 0.15) is 0 Å². The normalized spacial score (nSPS) is 16.9. The van der Waals surface area contributed by atoms with E-state index in [1.807, 2.05) is 18.6 Å². The highest BCUT2D eigenvalue weighted by molar-refractivity contribution is 5.97. The SMILES string of the molecule is O=c1[nH]c(C2=NCCCC2)nc2c1CN(Cc1cncn1Cc1ccccc1)CC2. The molecule has 7 nitrogen and oxygen atoms in total. The third kappa shape index (κ3) is 3.98.